The average molecular weight is 582 g/mol. The van der Waals surface area contributed by atoms with Gasteiger partial charge in [0.05, 0.1) is 6.61 Å². The van der Waals surface area contributed by atoms with E-state index in [2.05, 4.69) is 8.83 Å². The lowest BCUT2D eigenvalue weighted by atomic mass is 10.1. The van der Waals surface area contributed by atoms with Crippen molar-refractivity contribution < 1.29 is 51.9 Å². The van der Waals surface area contributed by atoms with Gasteiger partial charge in [0.1, 0.15) is 18.0 Å². The molecular weight excluding hydrogens is 562 g/mol. The number of nitrogens with zero attached hydrogens (tertiary/aromatic N) is 1. The van der Waals surface area contributed by atoms with E-state index in [9.17, 15) is 38.4 Å². The Balaban J connectivity index is 1.50. The number of H-pyrrole nitrogens is 1. The number of para-hydroxylation sites is 1. The van der Waals surface area contributed by atoms with E-state index in [4.69, 9.17) is 14.2 Å². The summed E-state index contributed by atoms with van der Waals surface area (Å²) in [5.41, 5.74) is -1.75. The van der Waals surface area contributed by atoms with Crippen LogP contribution in [0.3, 0.4) is 0 Å². The third-order valence-corrected chi connectivity index (χ3v) is 8.35. The second-order valence-corrected chi connectivity index (χ2v) is 11.3. The number of carbonyl (C=O) groups is 1. The van der Waals surface area contributed by atoms with E-state index in [1.807, 2.05) is 4.98 Å². The van der Waals surface area contributed by atoms with E-state index in [1.165, 1.54) is 30.3 Å². The van der Waals surface area contributed by atoms with E-state index >= 15 is 0 Å². The van der Waals surface area contributed by atoms with Crippen LogP contribution in [0.15, 0.2) is 82.5 Å². The maximum atomic E-state index is 12.4. The number of aromatic nitrogens is 2. The summed E-state index contributed by atoms with van der Waals surface area (Å²) in [7, 11) is -10.6. The van der Waals surface area contributed by atoms with Crippen molar-refractivity contribution in [2.75, 3.05) is 6.61 Å². The van der Waals surface area contributed by atoms with E-state index in [0.717, 1.165) is 29.0 Å². The molecule has 2 heterocycles. The maximum Gasteiger partial charge on any atom is 0.514 e. The fraction of sp³-hybridized carbons (Fsp3) is 0.227. The van der Waals surface area contributed by atoms with Crippen LogP contribution in [0.1, 0.15) is 6.23 Å². The number of carbonyl (C=O) groups excluding carboxylic acids is 1. The van der Waals surface area contributed by atoms with Gasteiger partial charge in [0.2, 0.25) is 0 Å². The van der Waals surface area contributed by atoms with Crippen LogP contribution in [0.5, 0.6) is 5.75 Å². The Morgan fingerprint density at radius 2 is 1.67 bits per heavy atom. The van der Waals surface area contributed by atoms with Crippen LogP contribution >= 0.6 is 15.4 Å². The van der Waals surface area contributed by atoms with Gasteiger partial charge in [-0.2, -0.15) is 0 Å². The molecule has 3 aromatic rings. The normalized spacial score (nSPS) is 23.9. The number of rotatable bonds is 9. The largest absolute Gasteiger partial charge is 0.775 e. The molecule has 0 saturated carbocycles. The molecule has 0 aliphatic carbocycles. The van der Waals surface area contributed by atoms with Crippen molar-refractivity contribution in [3.8, 4) is 5.75 Å². The first-order chi connectivity index (χ1) is 18.4. The third-order valence-electron chi connectivity index (χ3n) is 5.29. The van der Waals surface area contributed by atoms with Gasteiger partial charge in [-0.15, -0.1) is 0 Å². The highest BCUT2D eigenvalue weighted by molar-refractivity contribution is 7.67. The van der Waals surface area contributed by atoms with Crippen LogP contribution in [0.2, 0.25) is 0 Å². The second kappa shape index (κ2) is 11.8. The molecule has 3 unspecified atom stereocenters. The molecular formula is C22H20N2O13P2-2. The lowest BCUT2D eigenvalue weighted by molar-refractivity contribution is -0.232. The number of phosphoric ester groups is 1. The third kappa shape index (κ3) is 7.18. The standard InChI is InChI=1S/C22H22N2O13P2/c25-17-11-12-24(21(27)23-17)20-19(36-22(28)34-14-7-3-1-4-8-14)18(26)16(35-20)13-33-39(31,32)37-38(29,30)15-9-5-2-6-10-15/h1-12,16,18-20,26H,13H2,(H,29,30)(H,31,32)(H,23,25,27)/p-2/t16-,18+,19?,20-/m1/s1. The molecule has 0 radical (unpaired) electrons. The van der Waals surface area contributed by atoms with Gasteiger partial charge in [-0.1, -0.05) is 48.5 Å². The zero-order valence-corrected chi connectivity index (χ0v) is 21.4. The Hall–Kier alpha value is -3.39. The highest BCUT2D eigenvalue weighted by Crippen LogP contribution is 2.54. The van der Waals surface area contributed by atoms with Crippen LogP contribution < -0.4 is 31.1 Å². The van der Waals surface area contributed by atoms with E-state index < -0.39 is 69.3 Å². The summed E-state index contributed by atoms with van der Waals surface area (Å²) in [5.74, 6) is 0.0958. The molecule has 0 amide bonds. The van der Waals surface area contributed by atoms with Crippen LogP contribution in [-0.4, -0.2) is 45.7 Å². The summed E-state index contributed by atoms with van der Waals surface area (Å²) in [5, 5.41) is 10.3. The lowest BCUT2D eigenvalue weighted by Gasteiger charge is -2.32. The van der Waals surface area contributed by atoms with Crippen molar-refractivity contribution in [2.24, 2.45) is 0 Å². The van der Waals surface area contributed by atoms with E-state index in [1.54, 1.807) is 18.2 Å². The van der Waals surface area contributed by atoms with Crippen molar-refractivity contribution in [1.82, 2.24) is 9.55 Å². The number of hydrogen-bond donors (Lipinski definition) is 2. The van der Waals surface area contributed by atoms with Gasteiger partial charge < -0.3 is 38.2 Å². The highest BCUT2D eigenvalue weighted by Gasteiger charge is 2.48. The average Bonchev–Trinajstić information content (AvgIpc) is 3.18. The minimum atomic E-state index is -5.52. The van der Waals surface area contributed by atoms with E-state index in [0.29, 0.717) is 0 Å². The zero-order valence-electron chi connectivity index (χ0n) is 19.6. The smallest absolute Gasteiger partial charge is 0.514 e. The molecule has 0 spiro atoms. The number of ether oxygens (including phenoxy) is 3. The molecule has 39 heavy (non-hydrogen) atoms. The minimum Gasteiger partial charge on any atom is -0.775 e. The second-order valence-electron chi connectivity index (χ2n) is 7.98. The van der Waals surface area contributed by atoms with E-state index in [-0.39, 0.29) is 5.75 Å². The monoisotopic (exact) mass is 582 g/mol. The molecule has 2 N–H and O–H groups in total. The lowest BCUT2D eigenvalue weighted by Crippen LogP contribution is -2.41. The summed E-state index contributed by atoms with van der Waals surface area (Å²) in [6.07, 6.45) is -6.95. The topological polar surface area (TPSA) is 219 Å². The number of aromatic amines is 1. The van der Waals surface area contributed by atoms with Gasteiger partial charge in [-0.25, -0.2) is 9.59 Å². The molecule has 15 nitrogen and oxygen atoms in total. The summed E-state index contributed by atoms with van der Waals surface area (Å²) < 4.78 is 49.9. The quantitative estimate of drug-likeness (QED) is 0.189. The van der Waals surface area contributed by atoms with Gasteiger partial charge in [-0.3, -0.25) is 23.2 Å². The predicted octanol–water partition coefficient (Wildman–Crippen LogP) is -0.240. The molecule has 1 aromatic heterocycles. The fourth-order valence-corrected chi connectivity index (χ4v) is 6.02. The number of phosphoric acid groups is 1. The number of aliphatic hydroxyl groups excluding tert-OH is 1. The first kappa shape index (κ1) is 28.6. The first-order valence-electron chi connectivity index (χ1n) is 11.1. The van der Waals surface area contributed by atoms with Crippen molar-refractivity contribution in [3.63, 3.8) is 0 Å². The number of aliphatic hydroxyl groups is 1. The summed E-state index contributed by atoms with van der Waals surface area (Å²) in [6, 6.07) is 15.1. The molecule has 4 rings (SSSR count). The molecule has 1 fully saturated rings. The van der Waals surface area contributed by atoms with Crippen molar-refractivity contribution in [2.45, 2.75) is 24.5 Å². The van der Waals surface area contributed by atoms with Crippen LogP contribution in [0.4, 0.5) is 4.79 Å². The van der Waals surface area contributed by atoms with Gasteiger partial charge in [0.25, 0.3) is 13.4 Å². The van der Waals surface area contributed by atoms with Gasteiger partial charge in [0.15, 0.2) is 19.9 Å². The molecule has 208 valence electrons. The highest BCUT2D eigenvalue weighted by atomic mass is 31.3. The Labute approximate surface area is 219 Å². The molecule has 6 atom stereocenters. The van der Waals surface area contributed by atoms with Crippen molar-refractivity contribution in [1.29, 1.82) is 0 Å². The van der Waals surface area contributed by atoms with Crippen molar-refractivity contribution >= 4 is 26.9 Å². The minimum absolute atomic E-state index is 0.0958. The zero-order chi connectivity index (χ0) is 28.2. The summed E-state index contributed by atoms with van der Waals surface area (Å²) in [6.45, 7) is -1.00. The predicted molar refractivity (Wildman–Crippen MR) is 127 cm³/mol. The molecule has 1 saturated heterocycles. The summed E-state index contributed by atoms with van der Waals surface area (Å²) >= 11 is 0. The molecule has 2 aromatic carbocycles. The van der Waals surface area contributed by atoms with Gasteiger partial charge in [-0.05, 0) is 12.1 Å². The Morgan fingerprint density at radius 3 is 2.31 bits per heavy atom. The number of hydrogen-bond acceptors (Lipinski definition) is 13. The Bertz CT molecular complexity index is 1510. The maximum absolute atomic E-state index is 12.4. The van der Waals surface area contributed by atoms with Crippen LogP contribution in [0.25, 0.3) is 0 Å². The molecule has 0 bridgehead atoms. The molecule has 1 aliphatic rings. The first-order valence-corrected chi connectivity index (χ1v) is 14.1. The SMILES string of the molecule is O=C(Oc1ccccc1)OC1[C@@H](O)[C@@H](COP(=O)([O-])OP(=O)([O-])c2ccccc2)O[C@H]1n1ccc(=O)[nH]c1=O. The van der Waals surface area contributed by atoms with Crippen LogP contribution in [-0.2, 0) is 27.4 Å². The van der Waals surface area contributed by atoms with Gasteiger partial charge >= 0.3 is 11.8 Å². The molecule has 1 aliphatic heterocycles. The van der Waals surface area contributed by atoms with Crippen LogP contribution in [0, 0.1) is 0 Å². The van der Waals surface area contributed by atoms with Crippen molar-refractivity contribution in [3.05, 3.63) is 93.8 Å². The number of nitrogens with one attached hydrogen (secondary N) is 1. The van der Waals surface area contributed by atoms with Gasteiger partial charge in [0, 0.05) is 17.6 Å². The Morgan fingerprint density at radius 1 is 1.03 bits per heavy atom. The Kier molecular flexibility index (Phi) is 8.64. The summed E-state index contributed by atoms with van der Waals surface area (Å²) in [4.78, 5) is 62.7. The fourth-order valence-electron chi connectivity index (χ4n) is 3.53. The number of benzene rings is 2. The molecule has 17 heteroatoms.